The Kier molecular flexibility index (Phi) is 2.83. The Bertz CT molecular complexity index is 533. The first kappa shape index (κ1) is 11.0. The third-order valence-electron chi connectivity index (χ3n) is 2.08. The number of imidazole rings is 1. The predicted molar refractivity (Wildman–Crippen MR) is 63.7 cm³/mol. The van der Waals surface area contributed by atoms with Crippen molar-refractivity contribution in [3.05, 3.63) is 29.0 Å². The summed E-state index contributed by atoms with van der Waals surface area (Å²) >= 11 is 5.84. The van der Waals surface area contributed by atoms with E-state index in [1.165, 1.54) is 0 Å². The molecule has 0 unspecified atom stereocenters. The first-order valence-electron chi connectivity index (χ1n) is 5.02. The second-order valence-electron chi connectivity index (χ2n) is 3.88. The fourth-order valence-electron chi connectivity index (χ4n) is 1.42. The Hall–Kier alpha value is -1.55. The summed E-state index contributed by atoms with van der Waals surface area (Å²) in [7, 11) is 0. The number of carbonyl (C=O) groups is 1. The van der Waals surface area contributed by atoms with Crippen LogP contribution in [0.15, 0.2) is 18.2 Å². The van der Waals surface area contributed by atoms with Crippen molar-refractivity contribution in [2.75, 3.05) is 0 Å². The molecule has 1 aromatic carbocycles. The van der Waals surface area contributed by atoms with Gasteiger partial charge in [-0.3, -0.25) is 4.79 Å². The van der Waals surface area contributed by atoms with Gasteiger partial charge in [-0.05, 0) is 32.0 Å². The van der Waals surface area contributed by atoms with Gasteiger partial charge in [0.25, 0.3) is 5.91 Å². The molecule has 5 heteroatoms. The zero-order valence-corrected chi connectivity index (χ0v) is 9.80. The maximum absolute atomic E-state index is 11.7. The lowest BCUT2D eigenvalue weighted by Crippen LogP contribution is -2.30. The van der Waals surface area contributed by atoms with Gasteiger partial charge < -0.3 is 10.3 Å². The Balaban J connectivity index is 2.36. The van der Waals surface area contributed by atoms with Gasteiger partial charge in [0.1, 0.15) is 0 Å². The molecule has 2 N–H and O–H groups in total. The fourth-order valence-corrected chi connectivity index (χ4v) is 1.59. The van der Waals surface area contributed by atoms with Gasteiger partial charge in [0.15, 0.2) is 5.82 Å². The molecular weight excluding hydrogens is 226 g/mol. The number of aromatic nitrogens is 2. The first-order chi connectivity index (χ1) is 7.56. The average Bonchev–Trinajstić information content (AvgIpc) is 2.59. The van der Waals surface area contributed by atoms with E-state index in [1.54, 1.807) is 18.2 Å². The van der Waals surface area contributed by atoms with Gasteiger partial charge in [-0.1, -0.05) is 11.6 Å². The Labute approximate surface area is 98.0 Å². The number of benzene rings is 1. The van der Waals surface area contributed by atoms with Crippen LogP contribution in [0.5, 0.6) is 0 Å². The number of H-pyrrole nitrogens is 1. The average molecular weight is 238 g/mol. The molecule has 0 aliphatic carbocycles. The van der Waals surface area contributed by atoms with Crippen LogP contribution < -0.4 is 5.32 Å². The lowest BCUT2D eigenvalue weighted by molar-refractivity contribution is 0.0934. The summed E-state index contributed by atoms with van der Waals surface area (Å²) in [6.45, 7) is 3.80. The van der Waals surface area contributed by atoms with Gasteiger partial charge in [-0.2, -0.15) is 0 Å². The highest BCUT2D eigenvalue weighted by molar-refractivity contribution is 6.31. The van der Waals surface area contributed by atoms with Crippen molar-refractivity contribution < 1.29 is 4.79 Å². The standard InChI is InChI=1S/C11H12ClN3O/c1-6(2)13-11(16)10-14-8-4-3-7(12)5-9(8)15-10/h3-6H,1-2H3,(H,13,16)(H,14,15). The van der Waals surface area contributed by atoms with Crippen molar-refractivity contribution in [3.63, 3.8) is 0 Å². The Morgan fingerprint density at radius 2 is 2.25 bits per heavy atom. The van der Waals surface area contributed by atoms with Crippen LogP contribution in [-0.2, 0) is 0 Å². The van der Waals surface area contributed by atoms with Crippen LogP contribution in [0.3, 0.4) is 0 Å². The molecule has 1 aromatic heterocycles. The van der Waals surface area contributed by atoms with E-state index in [4.69, 9.17) is 11.6 Å². The van der Waals surface area contributed by atoms with E-state index in [-0.39, 0.29) is 11.9 Å². The molecule has 1 amide bonds. The number of nitrogens with one attached hydrogen (secondary N) is 2. The van der Waals surface area contributed by atoms with Gasteiger partial charge >= 0.3 is 0 Å². The molecule has 0 saturated carbocycles. The molecule has 1 heterocycles. The van der Waals surface area contributed by atoms with Crippen molar-refractivity contribution in [1.29, 1.82) is 0 Å². The smallest absolute Gasteiger partial charge is 0.287 e. The highest BCUT2D eigenvalue weighted by atomic mass is 35.5. The number of amides is 1. The lowest BCUT2D eigenvalue weighted by atomic mass is 10.3. The maximum Gasteiger partial charge on any atom is 0.287 e. The molecule has 2 aromatic rings. The lowest BCUT2D eigenvalue weighted by Gasteiger charge is -2.04. The van der Waals surface area contributed by atoms with Crippen molar-refractivity contribution >= 4 is 28.5 Å². The number of aromatic amines is 1. The number of halogens is 1. The zero-order valence-electron chi connectivity index (χ0n) is 9.04. The van der Waals surface area contributed by atoms with Crippen molar-refractivity contribution in [2.24, 2.45) is 0 Å². The van der Waals surface area contributed by atoms with Gasteiger partial charge in [0.2, 0.25) is 0 Å². The van der Waals surface area contributed by atoms with Gasteiger partial charge in [-0.15, -0.1) is 0 Å². The molecular formula is C11H12ClN3O. The third kappa shape index (κ3) is 2.17. The largest absolute Gasteiger partial charge is 0.347 e. The van der Waals surface area contributed by atoms with E-state index >= 15 is 0 Å². The number of hydrogen-bond donors (Lipinski definition) is 2. The highest BCUT2D eigenvalue weighted by Gasteiger charge is 2.11. The van der Waals surface area contributed by atoms with E-state index in [2.05, 4.69) is 15.3 Å². The predicted octanol–water partition coefficient (Wildman–Crippen LogP) is 2.35. The molecule has 0 atom stereocenters. The number of rotatable bonds is 2. The molecule has 0 fully saturated rings. The minimum atomic E-state index is -0.206. The molecule has 0 radical (unpaired) electrons. The van der Waals surface area contributed by atoms with Gasteiger partial charge in [-0.25, -0.2) is 4.98 Å². The minimum absolute atomic E-state index is 0.0873. The fraction of sp³-hybridized carbons (Fsp3) is 0.273. The minimum Gasteiger partial charge on any atom is -0.347 e. The van der Waals surface area contributed by atoms with Crippen LogP contribution in [0.1, 0.15) is 24.5 Å². The maximum atomic E-state index is 11.7. The van der Waals surface area contributed by atoms with E-state index in [0.717, 1.165) is 11.0 Å². The monoisotopic (exact) mass is 237 g/mol. The van der Waals surface area contributed by atoms with Crippen molar-refractivity contribution in [2.45, 2.75) is 19.9 Å². The molecule has 16 heavy (non-hydrogen) atoms. The number of fused-ring (bicyclic) bond motifs is 1. The number of nitrogens with zero attached hydrogens (tertiary/aromatic N) is 1. The van der Waals surface area contributed by atoms with Crippen LogP contribution in [0, 0.1) is 0 Å². The molecule has 0 bridgehead atoms. The Morgan fingerprint density at radius 3 is 2.94 bits per heavy atom. The summed E-state index contributed by atoms with van der Waals surface area (Å²) in [5, 5.41) is 3.39. The Morgan fingerprint density at radius 1 is 1.50 bits per heavy atom. The summed E-state index contributed by atoms with van der Waals surface area (Å²) in [5.74, 6) is 0.105. The van der Waals surface area contributed by atoms with Gasteiger partial charge in [0.05, 0.1) is 11.0 Å². The summed E-state index contributed by atoms with van der Waals surface area (Å²) in [6, 6.07) is 5.36. The van der Waals surface area contributed by atoms with Gasteiger partial charge in [0, 0.05) is 11.1 Å². The first-order valence-corrected chi connectivity index (χ1v) is 5.40. The van der Waals surface area contributed by atoms with E-state index in [9.17, 15) is 4.79 Å². The highest BCUT2D eigenvalue weighted by Crippen LogP contribution is 2.17. The van der Waals surface area contributed by atoms with E-state index in [1.807, 2.05) is 13.8 Å². The number of carbonyl (C=O) groups excluding carboxylic acids is 1. The summed E-state index contributed by atoms with van der Waals surface area (Å²) in [5.41, 5.74) is 1.50. The molecule has 0 aliphatic heterocycles. The van der Waals surface area contributed by atoms with E-state index < -0.39 is 0 Å². The van der Waals surface area contributed by atoms with Crippen LogP contribution in [0.2, 0.25) is 5.02 Å². The topological polar surface area (TPSA) is 57.8 Å². The summed E-state index contributed by atoms with van der Waals surface area (Å²) in [6.07, 6.45) is 0. The summed E-state index contributed by atoms with van der Waals surface area (Å²) in [4.78, 5) is 18.8. The normalized spacial score (nSPS) is 11.0. The second-order valence-corrected chi connectivity index (χ2v) is 4.31. The second kappa shape index (κ2) is 4.14. The molecule has 0 spiro atoms. The van der Waals surface area contributed by atoms with Crippen molar-refractivity contribution in [1.82, 2.24) is 15.3 Å². The van der Waals surface area contributed by atoms with Crippen LogP contribution >= 0.6 is 11.6 Å². The third-order valence-corrected chi connectivity index (χ3v) is 2.31. The van der Waals surface area contributed by atoms with Crippen LogP contribution in [0.25, 0.3) is 11.0 Å². The van der Waals surface area contributed by atoms with E-state index in [0.29, 0.717) is 10.8 Å². The molecule has 0 saturated heterocycles. The zero-order chi connectivity index (χ0) is 11.7. The van der Waals surface area contributed by atoms with Crippen LogP contribution in [0.4, 0.5) is 0 Å². The molecule has 4 nitrogen and oxygen atoms in total. The molecule has 0 aliphatic rings. The number of hydrogen-bond acceptors (Lipinski definition) is 2. The quantitative estimate of drug-likeness (QED) is 0.843. The van der Waals surface area contributed by atoms with Crippen LogP contribution in [-0.4, -0.2) is 21.9 Å². The SMILES string of the molecule is CC(C)NC(=O)c1nc2ccc(Cl)cc2[nH]1. The molecule has 2 rings (SSSR count). The summed E-state index contributed by atoms with van der Waals surface area (Å²) < 4.78 is 0. The molecule has 84 valence electrons. The van der Waals surface area contributed by atoms with Crippen molar-refractivity contribution in [3.8, 4) is 0 Å².